The smallest absolute Gasteiger partial charge is 0.137 e. The fourth-order valence-electron chi connectivity index (χ4n) is 2.02. The Labute approximate surface area is 123 Å². The molecule has 0 amide bonds. The second kappa shape index (κ2) is 7.31. The summed E-state index contributed by atoms with van der Waals surface area (Å²) < 4.78 is 9.71. The molecular weight excluding hydrogens is 272 g/mol. The number of hydrogen-bond donors (Lipinski definition) is 1. The van der Waals surface area contributed by atoms with Crippen molar-refractivity contribution < 1.29 is 4.74 Å². The molecule has 6 heteroatoms. The zero-order chi connectivity index (χ0) is 14.4. The molecule has 0 aliphatic carbocycles. The quantitative estimate of drug-likeness (QED) is 0.850. The molecule has 2 rings (SSSR count). The molecule has 2 aromatic heterocycles. The zero-order valence-electron chi connectivity index (χ0n) is 12.1. The molecule has 108 valence electrons. The lowest BCUT2D eigenvalue weighted by Gasteiger charge is -2.16. The van der Waals surface area contributed by atoms with Gasteiger partial charge in [-0.3, -0.25) is 4.98 Å². The number of nitrogens with zero attached hydrogens (tertiary/aromatic N) is 3. The Morgan fingerprint density at radius 1 is 1.35 bits per heavy atom. The number of ether oxygens (including phenoxy) is 1. The summed E-state index contributed by atoms with van der Waals surface area (Å²) in [5.74, 6) is 0.806. The SMILES string of the molecule is CCCOc1cncc(C(NC)c2snnc2CC)c1. The van der Waals surface area contributed by atoms with E-state index in [1.165, 1.54) is 11.5 Å². The van der Waals surface area contributed by atoms with E-state index in [1.54, 1.807) is 6.20 Å². The summed E-state index contributed by atoms with van der Waals surface area (Å²) in [6.07, 6.45) is 5.47. The molecule has 0 saturated carbocycles. The lowest BCUT2D eigenvalue weighted by molar-refractivity contribution is 0.315. The van der Waals surface area contributed by atoms with E-state index in [4.69, 9.17) is 4.74 Å². The van der Waals surface area contributed by atoms with Crippen molar-refractivity contribution in [3.63, 3.8) is 0 Å². The third-order valence-corrected chi connectivity index (χ3v) is 3.84. The van der Waals surface area contributed by atoms with Gasteiger partial charge in [-0.05, 0) is 43.1 Å². The Hall–Kier alpha value is -1.53. The van der Waals surface area contributed by atoms with Gasteiger partial charge >= 0.3 is 0 Å². The Morgan fingerprint density at radius 2 is 2.20 bits per heavy atom. The minimum absolute atomic E-state index is 0.0580. The summed E-state index contributed by atoms with van der Waals surface area (Å²) in [5.41, 5.74) is 2.11. The topological polar surface area (TPSA) is 59.9 Å². The lowest BCUT2D eigenvalue weighted by Crippen LogP contribution is -2.18. The molecule has 2 aromatic rings. The van der Waals surface area contributed by atoms with Crippen molar-refractivity contribution in [2.75, 3.05) is 13.7 Å². The van der Waals surface area contributed by atoms with Gasteiger partial charge in [0.2, 0.25) is 0 Å². The molecule has 1 atom stereocenters. The fourth-order valence-corrected chi connectivity index (χ4v) is 2.90. The van der Waals surface area contributed by atoms with E-state index in [1.807, 2.05) is 19.3 Å². The van der Waals surface area contributed by atoms with Gasteiger partial charge in [0.15, 0.2) is 0 Å². The molecule has 0 aliphatic rings. The fraction of sp³-hybridized carbons (Fsp3) is 0.500. The van der Waals surface area contributed by atoms with Gasteiger partial charge in [0, 0.05) is 6.20 Å². The number of aromatic nitrogens is 3. The summed E-state index contributed by atoms with van der Waals surface area (Å²) in [7, 11) is 1.93. The van der Waals surface area contributed by atoms with Gasteiger partial charge in [-0.25, -0.2) is 0 Å². The van der Waals surface area contributed by atoms with Crippen molar-refractivity contribution in [1.29, 1.82) is 0 Å². The first-order valence-corrected chi connectivity index (χ1v) is 7.63. The summed E-state index contributed by atoms with van der Waals surface area (Å²) in [6, 6.07) is 2.09. The Balaban J connectivity index is 2.27. The van der Waals surface area contributed by atoms with Gasteiger partial charge in [0.1, 0.15) is 5.75 Å². The van der Waals surface area contributed by atoms with Crippen LogP contribution in [0.5, 0.6) is 5.75 Å². The first-order chi connectivity index (χ1) is 9.80. The Kier molecular flexibility index (Phi) is 5.43. The zero-order valence-corrected chi connectivity index (χ0v) is 12.9. The highest BCUT2D eigenvalue weighted by Crippen LogP contribution is 2.28. The first kappa shape index (κ1) is 14.9. The maximum Gasteiger partial charge on any atom is 0.137 e. The number of hydrogen-bond acceptors (Lipinski definition) is 6. The van der Waals surface area contributed by atoms with Gasteiger partial charge in [0.05, 0.1) is 29.4 Å². The van der Waals surface area contributed by atoms with Crippen LogP contribution in [0.3, 0.4) is 0 Å². The maximum atomic E-state index is 5.65. The van der Waals surface area contributed by atoms with Crippen molar-refractivity contribution in [3.05, 3.63) is 34.6 Å². The standard InChI is InChI=1S/C14H20N4OS/c1-4-6-19-11-7-10(8-16-9-11)13(15-3)14-12(5-2)17-18-20-14/h7-9,13,15H,4-6H2,1-3H3. The van der Waals surface area contributed by atoms with Gasteiger partial charge < -0.3 is 10.1 Å². The molecule has 2 heterocycles. The molecule has 5 nitrogen and oxygen atoms in total. The van der Waals surface area contributed by atoms with Crippen molar-refractivity contribution in [3.8, 4) is 5.75 Å². The molecule has 1 N–H and O–H groups in total. The second-order valence-electron chi connectivity index (χ2n) is 4.46. The number of rotatable bonds is 7. The van der Waals surface area contributed by atoms with E-state index in [0.717, 1.165) is 34.7 Å². The van der Waals surface area contributed by atoms with Crippen LogP contribution < -0.4 is 10.1 Å². The minimum Gasteiger partial charge on any atom is -0.492 e. The van der Waals surface area contributed by atoms with E-state index < -0.39 is 0 Å². The molecule has 0 aliphatic heterocycles. The maximum absolute atomic E-state index is 5.65. The predicted molar refractivity (Wildman–Crippen MR) is 80.2 cm³/mol. The first-order valence-electron chi connectivity index (χ1n) is 6.86. The molecule has 0 aromatic carbocycles. The number of aryl methyl sites for hydroxylation is 1. The predicted octanol–water partition coefficient (Wildman–Crippen LogP) is 2.59. The molecule has 1 unspecified atom stereocenters. The highest BCUT2D eigenvalue weighted by molar-refractivity contribution is 7.05. The van der Waals surface area contributed by atoms with E-state index in [2.05, 4.69) is 33.7 Å². The van der Waals surface area contributed by atoms with Gasteiger partial charge in [-0.1, -0.05) is 18.3 Å². The lowest BCUT2D eigenvalue weighted by atomic mass is 10.1. The minimum atomic E-state index is 0.0580. The monoisotopic (exact) mass is 292 g/mol. The third-order valence-electron chi connectivity index (χ3n) is 3.01. The molecule has 0 radical (unpaired) electrons. The molecule has 0 saturated heterocycles. The average Bonchev–Trinajstić information content (AvgIpc) is 2.95. The van der Waals surface area contributed by atoms with Crippen LogP contribution in [0.25, 0.3) is 0 Å². The molecule has 0 bridgehead atoms. The van der Waals surface area contributed by atoms with Crippen LogP contribution in [0.15, 0.2) is 18.5 Å². The van der Waals surface area contributed by atoms with E-state index in [9.17, 15) is 0 Å². The van der Waals surface area contributed by atoms with Crippen LogP contribution in [0.2, 0.25) is 0 Å². The molecule has 0 spiro atoms. The molecule has 20 heavy (non-hydrogen) atoms. The van der Waals surface area contributed by atoms with E-state index in [-0.39, 0.29) is 6.04 Å². The van der Waals surface area contributed by atoms with Crippen LogP contribution >= 0.6 is 11.5 Å². The second-order valence-corrected chi connectivity index (χ2v) is 5.25. The average molecular weight is 292 g/mol. The van der Waals surface area contributed by atoms with Gasteiger partial charge in [0.25, 0.3) is 0 Å². The van der Waals surface area contributed by atoms with Gasteiger partial charge in [-0.15, -0.1) is 5.10 Å². The van der Waals surface area contributed by atoms with E-state index in [0.29, 0.717) is 6.61 Å². The van der Waals surface area contributed by atoms with Crippen molar-refractivity contribution >= 4 is 11.5 Å². The Bertz CT molecular complexity index is 543. The largest absolute Gasteiger partial charge is 0.492 e. The van der Waals surface area contributed by atoms with Crippen LogP contribution in [-0.2, 0) is 6.42 Å². The van der Waals surface area contributed by atoms with Crippen molar-refractivity contribution in [2.45, 2.75) is 32.7 Å². The molecule has 0 fully saturated rings. The summed E-state index contributed by atoms with van der Waals surface area (Å²) in [6.45, 7) is 4.88. The van der Waals surface area contributed by atoms with Gasteiger partial charge in [-0.2, -0.15) is 0 Å². The van der Waals surface area contributed by atoms with E-state index >= 15 is 0 Å². The highest BCUT2D eigenvalue weighted by Gasteiger charge is 2.19. The normalized spacial score (nSPS) is 12.3. The highest BCUT2D eigenvalue weighted by atomic mass is 32.1. The van der Waals surface area contributed by atoms with Crippen LogP contribution in [0.4, 0.5) is 0 Å². The van der Waals surface area contributed by atoms with Crippen molar-refractivity contribution in [1.82, 2.24) is 19.9 Å². The van der Waals surface area contributed by atoms with Crippen LogP contribution in [-0.4, -0.2) is 28.2 Å². The Morgan fingerprint density at radius 3 is 2.90 bits per heavy atom. The number of pyridine rings is 1. The summed E-state index contributed by atoms with van der Waals surface area (Å²) in [4.78, 5) is 5.41. The van der Waals surface area contributed by atoms with Crippen LogP contribution in [0, 0.1) is 0 Å². The third kappa shape index (κ3) is 3.32. The van der Waals surface area contributed by atoms with Crippen molar-refractivity contribution in [2.24, 2.45) is 0 Å². The number of nitrogens with one attached hydrogen (secondary N) is 1. The summed E-state index contributed by atoms with van der Waals surface area (Å²) >= 11 is 1.43. The summed E-state index contributed by atoms with van der Waals surface area (Å²) in [5, 5.41) is 7.49. The van der Waals surface area contributed by atoms with Crippen LogP contribution in [0.1, 0.15) is 42.4 Å². The molecular formula is C14H20N4OS.